The van der Waals surface area contributed by atoms with Gasteiger partial charge in [0.25, 0.3) is 0 Å². The van der Waals surface area contributed by atoms with Gasteiger partial charge in [-0.15, -0.1) is 24.0 Å². The molecule has 8 heteroatoms. The summed E-state index contributed by atoms with van der Waals surface area (Å²) in [7, 11) is 0. The second-order valence-corrected chi connectivity index (χ2v) is 9.38. The monoisotopic (exact) mass is 534 g/mol. The molecule has 2 fully saturated rings. The predicted molar refractivity (Wildman–Crippen MR) is 136 cm³/mol. The second kappa shape index (κ2) is 12.4. The summed E-state index contributed by atoms with van der Waals surface area (Å²) in [6.45, 7) is 12.5. The van der Waals surface area contributed by atoms with Crippen molar-refractivity contribution >= 4 is 41.7 Å². The van der Waals surface area contributed by atoms with Gasteiger partial charge < -0.3 is 10.6 Å². The molecular weight excluding hydrogens is 495 g/mol. The van der Waals surface area contributed by atoms with Gasteiger partial charge in [0, 0.05) is 55.5 Å². The summed E-state index contributed by atoms with van der Waals surface area (Å²) in [6, 6.07) is 2.14. The number of aromatic nitrogens is 2. The minimum Gasteiger partial charge on any atom is -0.357 e. The molecule has 3 rings (SSSR count). The van der Waals surface area contributed by atoms with Crippen molar-refractivity contribution in [3.05, 3.63) is 17.5 Å². The van der Waals surface area contributed by atoms with Gasteiger partial charge in [-0.1, -0.05) is 12.8 Å². The number of hydrogen-bond donors (Lipinski definition) is 2. The van der Waals surface area contributed by atoms with Crippen molar-refractivity contribution in [2.75, 3.05) is 44.2 Å². The number of rotatable bonds is 8. The normalized spacial score (nSPS) is 19.8. The Bertz CT molecular complexity index is 635. The number of guanidine groups is 1. The average molecular weight is 535 g/mol. The first-order valence-electron chi connectivity index (χ1n) is 11.0. The fraction of sp³-hybridized carbons (Fsp3) is 0.810. The van der Waals surface area contributed by atoms with Crippen LogP contribution in [-0.2, 0) is 6.54 Å². The van der Waals surface area contributed by atoms with Crippen LogP contribution in [0.3, 0.4) is 0 Å². The fourth-order valence-electron chi connectivity index (χ4n) is 4.55. The van der Waals surface area contributed by atoms with E-state index in [0.29, 0.717) is 5.54 Å². The molecule has 0 unspecified atom stereocenters. The van der Waals surface area contributed by atoms with Crippen LogP contribution in [0.15, 0.2) is 11.1 Å². The van der Waals surface area contributed by atoms with Gasteiger partial charge in [0.2, 0.25) is 0 Å². The maximum atomic E-state index is 5.03. The number of hydrogen-bond acceptors (Lipinski definition) is 4. The first-order chi connectivity index (χ1) is 13.6. The molecule has 2 heterocycles. The Labute approximate surface area is 198 Å². The number of halogens is 1. The van der Waals surface area contributed by atoms with Crippen molar-refractivity contribution in [1.29, 1.82) is 0 Å². The molecule has 1 saturated heterocycles. The van der Waals surface area contributed by atoms with Crippen LogP contribution in [0.1, 0.15) is 50.4 Å². The first kappa shape index (κ1) is 24.8. The van der Waals surface area contributed by atoms with Crippen LogP contribution in [0.4, 0.5) is 0 Å². The molecule has 29 heavy (non-hydrogen) atoms. The molecule has 0 bridgehead atoms. The lowest BCUT2D eigenvalue weighted by molar-refractivity contribution is 0.112. The highest BCUT2D eigenvalue weighted by Gasteiger charge is 2.39. The van der Waals surface area contributed by atoms with Gasteiger partial charge in [-0.2, -0.15) is 16.9 Å². The molecule has 166 valence electrons. The zero-order valence-electron chi connectivity index (χ0n) is 18.4. The summed E-state index contributed by atoms with van der Waals surface area (Å²) in [6.07, 6.45) is 6.36. The Morgan fingerprint density at radius 3 is 2.55 bits per heavy atom. The van der Waals surface area contributed by atoms with E-state index in [9.17, 15) is 0 Å². The molecule has 0 aromatic carbocycles. The van der Waals surface area contributed by atoms with Crippen LogP contribution in [0, 0.1) is 13.8 Å². The molecule has 1 aliphatic carbocycles. The lowest BCUT2D eigenvalue weighted by Gasteiger charge is -2.42. The van der Waals surface area contributed by atoms with Crippen molar-refractivity contribution in [2.45, 2.75) is 65.0 Å². The van der Waals surface area contributed by atoms with Crippen LogP contribution in [0.25, 0.3) is 0 Å². The molecule has 2 N–H and O–H groups in total. The summed E-state index contributed by atoms with van der Waals surface area (Å²) < 4.78 is 2.10. The van der Waals surface area contributed by atoms with Crippen molar-refractivity contribution in [2.24, 2.45) is 4.99 Å². The summed E-state index contributed by atoms with van der Waals surface area (Å²) in [5, 5.41) is 11.5. The Balaban J connectivity index is 0.00000300. The van der Waals surface area contributed by atoms with E-state index < -0.39 is 0 Å². The number of aliphatic imine (C=N–C) groups is 1. The molecular formula is C21H39IN6S. The smallest absolute Gasteiger partial charge is 0.191 e. The molecule has 1 aliphatic heterocycles. The number of nitrogens with zero attached hydrogens (tertiary/aromatic N) is 4. The summed E-state index contributed by atoms with van der Waals surface area (Å²) in [4.78, 5) is 7.78. The molecule has 6 nitrogen and oxygen atoms in total. The van der Waals surface area contributed by atoms with E-state index in [4.69, 9.17) is 4.99 Å². The quantitative estimate of drug-likeness (QED) is 0.232. The third-order valence-corrected chi connectivity index (χ3v) is 6.98. The van der Waals surface area contributed by atoms with Gasteiger partial charge in [-0.05, 0) is 46.1 Å². The maximum Gasteiger partial charge on any atom is 0.191 e. The van der Waals surface area contributed by atoms with Gasteiger partial charge in [0.15, 0.2) is 5.96 Å². The van der Waals surface area contributed by atoms with Crippen LogP contribution in [-0.4, -0.2) is 70.4 Å². The van der Waals surface area contributed by atoms with Crippen LogP contribution < -0.4 is 10.6 Å². The van der Waals surface area contributed by atoms with E-state index >= 15 is 0 Å². The van der Waals surface area contributed by atoms with E-state index in [1.165, 1.54) is 56.0 Å². The molecule has 0 spiro atoms. The first-order valence-corrected chi connectivity index (χ1v) is 12.1. The van der Waals surface area contributed by atoms with Crippen molar-refractivity contribution < 1.29 is 0 Å². The second-order valence-electron chi connectivity index (χ2n) is 8.16. The van der Waals surface area contributed by atoms with E-state index in [0.717, 1.165) is 44.3 Å². The largest absolute Gasteiger partial charge is 0.357 e. The van der Waals surface area contributed by atoms with Crippen molar-refractivity contribution in [3.8, 4) is 0 Å². The zero-order chi connectivity index (χ0) is 19.8. The molecule has 2 aliphatic rings. The Kier molecular flexibility index (Phi) is 10.6. The highest BCUT2D eigenvalue weighted by Crippen LogP contribution is 2.37. The van der Waals surface area contributed by atoms with Crippen LogP contribution in [0.5, 0.6) is 0 Å². The Hall–Kier alpha value is -0.480. The lowest BCUT2D eigenvalue weighted by atomic mass is 9.95. The Morgan fingerprint density at radius 1 is 1.21 bits per heavy atom. The Morgan fingerprint density at radius 2 is 1.93 bits per heavy atom. The number of nitrogens with one attached hydrogen (secondary N) is 2. The topological polar surface area (TPSA) is 57.5 Å². The highest BCUT2D eigenvalue weighted by atomic mass is 127. The summed E-state index contributed by atoms with van der Waals surface area (Å²) >= 11 is 2.09. The highest BCUT2D eigenvalue weighted by molar-refractivity contribution is 14.0. The molecule has 1 saturated carbocycles. The minimum atomic E-state index is 0. The van der Waals surface area contributed by atoms with E-state index in [-0.39, 0.29) is 24.0 Å². The predicted octanol–water partition coefficient (Wildman–Crippen LogP) is 3.42. The lowest BCUT2D eigenvalue weighted by Crippen LogP contribution is -2.53. The molecule has 0 amide bonds. The summed E-state index contributed by atoms with van der Waals surface area (Å²) in [5.74, 6) is 3.51. The van der Waals surface area contributed by atoms with E-state index in [1.54, 1.807) is 0 Å². The van der Waals surface area contributed by atoms with Gasteiger partial charge in [0.05, 0.1) is 12.2 Å². The summed E-state index contributed by atoms with van der Waals surface area (Å²) in [5.41, 5.74) is 2.63. The van der Waals surface area contributed by atoms with Crippen molar-refractivity contribution in [3.63, 3.8) is 0 Å². The van der Waals surface area contributed by atoms with Gasteiger partial charge >= 0.3 is 0 Å². The molecule has 1 aromatic heterocycles. The fourth-order valence-corrected chi connectivity index (χ4v) is 5.45. The van der Waals surface area contributed by atoms with Crippen LogP contribution in [0.2, 0.25) is 0 Å². The molecule has 0 atom stereocenters. The molecule has 0 radical (unpaired) electrons. The zero-order valence-corrected chi connectivity index (χ0v) is 21.5. The standard InChI is InChI=1S/C21H38N6S.HI/c1-4-22-20(23-10-7-11-27-19(3)16-18(2)25-27)24-17-21(8-5-6-9-21)26-12-14-28-15-13-26;/h16H,4-15,17H2,1-3H3,(H2,22,23,24);1H. The van der Waals surface area contributed by atoms with Crippen molar-refractivity contribution in [1.82, 2.24) is 25.3 Å². The van der Waals surface area contributed by atoms with E-state index in [1.807, 2.05) is 0 Å². The van der Waals surface area contributed by atoms with Gasteiger partial charge in [-0.3, -0.25) is 14.6 Å². The van der Waals surface area contributed by atoms with E-state index in [2.05, 4.69) is 63.9 Å². The van der Waals surface area contributed by atoms with Gasteiger partial charge in [-0.25, -0.2) is 0 Å². The maximum absolute atomic E-state index is 5.03. The molecule has 1 aromatic rings. The third-order valence-electron chi connectivity index (χ3n) is 6.03. The van der Waals surface area contributed by atoms with Crippen LogP contribution >= 0.6 is 35.7 Å². The average Bonchev–Trinajstić information content (AvgIpc) is 3.31. The number of thioether (sulfide) groups is 1. The third kappa shape index (κ3) is 7.02. The SMILES string of the molecule is CCNC(=NCC1(N2CCSCC2)CCCC1)NCCCn1nc(C)cc1C.I. The number of aryl methyl sites for hydroxylation is 3. The minimum absolute atomic E-state index is 0. The van der Waals surface area contributed by atoms with Gasteiger partial charge in [0.1, 0.15) is 0 Å².